The van der Waals surface area contributed by atoms with Gasteiger partial charge in [-0.1, -0.05) is 81.4 Å². The Kier molecular flexibility index (Phi) is 10.8. The molecule has 3 aromatic carbocycles. The highest BCUT2D eigenvalue weighted by atomic mass is 16.5. The third-order valence-electron chi connectivity index (χ3n) is 8.08. The summed E-state index contributed by atoms with van der Waals surface area (Å²) in [5.74, 6) is 0.793. The molecule has 6 heteroatoms. The molecule has 0 aliphatic carbocycles. The van der Waals surface area contributed by atoms with Gasteiger partial charge in [0.1, 0.15) is 17.6 Å². The van der Waals surface area contributed by atoms with E-state index < -0.39 is 5.97 Å². The van der Waals surface area contributed by atoms with E-state index in [0.29, 0.717) is 24.5 Å². The second kappa shape index (κ2) is 14.5. The van der Waals surface area contributed by atoms with Crippen molar-refractivity contribution >= 4 is 17.7 Å². The summed E-state index contributed by atoms with van der Waals surface area (Å²) in [6.45, 7) is 11.7. The molecule has 1 N–H and O–H groups in total. The molecule has 0 aromatic heterocycles. The maximum absolute atomic E-state index is 13.1. The normalized spacial score (nSPS) is 15.1. The molecular formula is C37H46N2O4. The van der Waals surface area contributed by atoms with Gasteiger partial charge in [-0.25, -0.2) is 0 Å². The van der Waals surface area contributed by atoms with Crippen molar-refractivity contribution in [1.29, 1.82) is 0 Å². The van der Waals surface area contributed by atoms with Crippen LogP contribution in [0.3, 0.4) is 0 Å². The summed E-state index contributed by atoms with van der Waals surface area (Å²) in [6.07, 6.45) is 5.15. The number of hydrogen-bond acceptors (Lipinski definition) is 4. The van der Waals surface area contributed by atoms with Crippen LogP contribution in [0.2, 0.25) is 0 Å². The molecule has 0 bridgehead atoms. The van der Waals surface area contributed by atoms with Crippen LogP contribution in [0.1, 0.15) is 82.6 Å². The monoisotopic (exact) mass is 582 g/mol. The molecule has 1 amide bonds. The summed E-state index contributed by atoms with van der Waals surface area (Å²) in [7, 11) is 0. The van der Waals surface area contributed by atoms with E-state index in [1.54, 1.807) is 0 Å². The molecule has 0 radical (unpaired) electrons. The molecule has 4 rings (SSSR count). The second-order valence-corrected chi connectivity index (χ2v) is 12.4. The van der Waals surface area contributed by atoms with Gasteiger partial charge in [0.2, 0.25) is 0 Å². The van der Waals surface area contributed by atoms with E-state index in [-0.39, 0.29) is 23.8 Å². The number of aliphatic imine (C=N–C) groups is 1. The van der Waals surface area contributed by atoms with Crippen LogP contribution in [-0.4, -0.2) is 46.9 Å². The molecule has 0 saturated carbocycles. The maximum Gasteiger partial charge on any atom is 0.307 e. The minimum Gasteiger partial charge on any atom is -0.494 e. The van der Waals surface area contributed by atoms with E-state index in [4.69, 9.17) is 9.73 Å². The molecule has 6 nitrogen and oxygen atoms in total. The third-order valence-corrected chi connectivity index (χ3v) is 8.08. The summed E-state index contributed by atoms with van der Waals surface area (Å²) >= 11 is 0. The van der Waals surface area contributed by atoms with E-state index in [9.17, 15) is 14.7 Å². The predicted octanol–water partition coefficient (Wildman–Crippen LogP) is 7.65. The Hall–Kier alpha value is -3.93. The molecule has 1 aliphatic rings. The largest absolute Gasteiger partial charge is 0.494 e. The van der Waals surface area contributed by atoms with Crippen molar-refractivity contribution in [2.75, 3.05) is 13.2 Å². The number of nitrogens with zero attached hydrogens (tertiary/aromatic N) is 2. The highest BCUT2D eigenvalue weighted by Crippen LogP contribution is 2.29. The first kappa shape index (κ1) is 32.0. The highest BCUT2D eigenvalue weighted by molar-refractivity contribution is 6.05. The number of aryl methyl sites for hydroxylation is 2. The lowest BCUT2D eigenvalue weighted by atomic mass is 9.86. The average molecular weight is 583 g/mol. The topological polar surface area (TPSA) is 79.2 Å². The van der Waals surface area contributed by atoms with Crippen molar-refractivity contribution < 1.29 is 19.4 Å². The SMILES string of the molecule is CCOc1cc(-c2cccc(CCCC3=NC(CCCc4ccc(C(C)(C)C)cc4)C(=O)N3CC)c2)ccc1CC(=O)O. The number of amides is 1. The summed E-state index contributed by atoms with van der Waals surface area (Å²) in [5.41, 5.74) is 6.75. The molecule has 0 saturated heterocycles. The van der Waals surface area contributed by atoms with Gasteiger partial charge >= 0.3 is 5.97 Å². The van der Waals surface area contributed by atoms with Gasteiger partial charge in [0, 0.05) is 18.5 Å². The molecule has 0 spiro atoms. The Morgan fingerprint density at radius 2 is 1.63 bits per heavy atom. The van der Waals surface area contributed by atoms with Gasteiger partial charge in [-0.05, 0) is 85.3 Å². The fourth-order valence-electron chi connectivity index (χ4n) is 5.70. The fraction of sp³-hybridized carbons (Fsp3) is 0.432. The number of carbonyl (C=O) groups is 2. The number of carbonyl (C=O) groups excluding carboxylic acids is 1. The van der Waals surface area contributed by atoms with E-state index in [0.717, 1.165) is 55.5 Å². The molecule has 3 aromatic rings. The first-order valence-electron chi connectivity index (χ1n) is 15.6. The molecule has 1 atom stereocenters. The third kappa shape index (κ3) is 8.56. The molecule has 1 aliphatic heterocycles. The zero-order chi connectivity index (χ0) is 31.0. The first-order valence-corrected chi connectivity index (χ1v) is 15.6. The number of likely N-dealkylation sites (N-methyl/N-ethyl adjacent to an activating group) is 1. The molecular weight excluding hydrogens is 536 g/mol. The average Bonchev–Trinajstić information content (AvgIpc) is 3.27. The van der Waals surface area contributed by atoms with Gasteiger partial charge in [-0.3, -0.25) is 19.5 Å². The number of aliphatic carboxylic acids is 1. The van der Waals surface area contributed by atoms with Crippen LogP contribution < -0.4 is 4.74 Å². The lowest BCUT2D eigenvalue weighted by molar-refractivity contribution is -0.136. The maximum atomic E-state index is 13.1. The van der Waals surface area contributed by atoms with Crippen LogP contribution in [0.25, 0.3) is 11.1 Å². The Bertz CT molecular complexity index is 1440. The standard InChI is InChI=1S/C37H46N2O4/c1-6-39-34(38-32(36(39)42)15-9-11-26-17-21-31(22-18-26)37(3,4)5)16-10-13-27-12-8-14-28(23-27)29-19-20-30(25-35(40)41)33(24-29)43-7-2/h8,12,14,17-24,32H,6-7,9-11,13,15-16,25H2,1-5H3,(H,40,41). The van der Waals surface area contributed by atoms with Crippen molar-refractivity contribution in [3.05, 3.63) is 89.0 Å². The van der Waals surface area contributed by atoms with E-state index in [1.165, 1.54) is 16.7 Å². The Morgan fingerprint density at radius 3 is 2.30 bits per heavy atom. The number of carboxylic acids is 1. The Morgan fingerprint density at radius 1 is 0.907 bits per heavy atom. The zero-order valence-corrected chi connectivity index (χ0v) is 26.4. The van der Waals surface area contributed by atoms with Crippen LogP contribution >= 0.6 is 0 Å². The second-order valence-electron chi connectivity index (χ2n) is 12.4. The van der Waals surface area contributed by atoms with Gasteiger partial charge in [-0.2, -0.15) is 0 Å². The number of rotatable bonds is 14. The lowest BCUT2D eigenvalue weighted by Crippen LogP contribution is -2.35. The molecule has 1 heterocycles. The summed E-state index contributed by atoms with van der Waals surface area (Å²) in [6, 6.07) is 22.7. The van der Waals surface area contributed by atoms with Crippen LogP contribution in [0.5, 0.6) is 5.75 Å². The highest BCUT2D eigenvalue weighted by Gasteiger charge is 2.32. The number of ether oxygens (including phenoxy) is 1. The van der Waals surface area contributed by atoms with E-state index in [2.05, 4.69) is 69.3 Å². The molecule has 1 unspecified atom stereocenters. The van der Waals surface area contributed by atoms with Gasteiger partial charge in [0.05, 0.1) is 13.0 Å². The van der Waals surface area contributed by atoms with Crippen molar-refractivity contribution in [1.82, 2.24) is 4.90 Å². The number of hydrogen-bond donors (Lipinski definition) is 1. The number of benzene rings is 3. The summed E-state index contributed by atoms with van der Waals surface area (Å²) in [5, 5.41) is 9.23. The predicted molar refractivity (Wildman–Crippen MR) is 174 cm³/mol. The van der Waals surface area contributed by atoms with E-state index in [1.807, 2.05) is 36.9 Å². The van der Waals surface area contributed by atoms with Crippen molar-refractivity contribution in [3.8, 4) is 16.9 Å². The van der Waals surface area contributed by atoms with Gasteiger partial charge in [0.25, 0.3) is 5.91 Å². The fourth-order valence-corrected chi connectivity index (χ4v) is 5.70. The van der Waals surface area contributed by atoms with Crippen molar-refractivity contribution in [3.63, 3.8) is 0 Å². The van der Waals surface area contributed by atoms with Gasteiger partial charge in [-0.15, -0.1) is 0 Å². The van der Waals surface area contributed by atoms with Crippen LogP contribution in [0, 0.1) is 0 Å². The summed E-state index contributed by atoms with van der Waals surface area (Å²) < 4.78 is 5.74. The summed E-state index contributed by atoms with van der Waals surface area (Å²) in [4.78, 5) is 31.1. The lowest BCUT2D eigenvalue weighted by Gasteiger charge is -2.19. The first-order chi connectivity index (χ1) is 20.6. The van der Waals surface area contributed by atoms with Crippen LogP contribution in [-0.2, 0) is 34.3 Å². The molecule has 43 heavy (non-hydrogen) atoms. The Balaban J connectivity index is 1.34. The molecule has 0 fully saturated rings. The van der Waals surface area contributed by atoms with Crippen molar-refractivity contribution in [2.45, 2.75) is 91.0 Å². The molecule has 228 valence electrons. The minimum atomic E-state index is -0.876. The minimum absolute atomic E-state index is 0.0663. The zero-order valence-electron chi connectivity index (χ0n) is 26.4. The van der Waals surface area contributed by atoms with E-state index >= 15 is 0 Å². The quantitative estimate of drug-likeness (QED) is 0.212. The number of amidine groups is 1. The van der Waals surface area contributed by atoms with Crippen LogP contribution in [0.4, 0.5) is 0 Å². The van der Waals surface area contributed by atoms with Gasteiger partial charge in [0.15, 0.2) is 0 Å². The smallest absolute Gasteiger partial charge is 0.307 e. The van der Waals surface area contributed by atoms with Crippen molar-refractivity contribution in [2.24, 2.45) is 4.99 Å². The Labute approximate surface area is 256 Å². The van der Waals surface area contributed by atoms with Crippen LogP contribution in [0.15, 0.2) is 71.7 Å². The van der Waals surface area contributed by atoms with Gasteiger partial charge < -0.3 is 9.84 Å². The number of carboxylic acid groups (broad SMARTS) is 1.